The number of rotatable bonds is 3. The van der Waals surface area contributed by atoms with Gasteiger partial charge >= 0.3 is 0 Å². The van der Waals surface area contributed by atoms with E-state index in [0.717, 1.165) is 25.7 Å². The average Bonchev–Trinajstić information content (AvgIpc) is 3.02. The van der Waals surface area contributed by atoms with Crippen molar-refractivity contribution in [1.29, 1.82) is 5.26 Å². The smallest absolute Gasteiger partial charge is 0.270 e. The van der Waals surface area contributed by atoms with Crippen molar-refractivity contribution in [3.63, 3.8) is 0 Å². The van der Waals surface area contributed by atoms with Crippen molar-refractivity contribution < 1.29 is 4.74 Å². The molecule has 0 bridgehead atoms. The Bertz CT molecular complexity index is 740. The minimum absolute atomic E-state index is 0.158. The molecule has 1 aromatic carbocycles. The van der Waals surface area contributed by atoms with E-state index < -0.39 is 0 Å². The molecule has 0 saturated heterocycles. The average molecular weight is 281 g/mol. The van der Waals surface area contributed by atoms with Crippen LogP contribution in [0.15, 0.2) is 41.3 Å². The summed E-state index contributed by atoms with van der Waals surface area (Å²) in [7, 11) is 0. The minimum Gasteiger partial charge on any atom is -0.454 e. The van der Waals surface area contributed by atoms with Crippen LogP contribution in [-0.2, 0) is 0 Å². The monoisotopic (exact) mass is 281 g/mol. The van der Waals surface area contributed by atoms with Gasteiger partial charge in [0.25, 0.3) is 5.56 Å². The van der Waals surface area contributed by atoms with Crippen molar-refractivity contribution in [1.82, 2.24) is 9.78 Å². The summed E-state index contributed by atoms with van der Waals surface area (Å²) in [5.41, 5.74) is 0.270. The highest BCUT2D eigenvalue weighted by molar-refractivity contribution is 5.44. The van der Waals surface area contributed by atoms with Crippen molar-refractivity contribution in [2.24, 2.45) is 0 Å². The van der Waals surface area contributed by atoms with E-state index in [1.165, 1.54) is 16.9 Å². The molecule has 1 heterocycles. The molecule has 5 heteroatoms. The molecule has 0 amide bonds. The molecule has 3 rings (SSSR count). The summed E-state index contributed by atoms with van der Waals surface area (Å²) in [4.78, 5) is 12.1. The Morgan fingerprint density at radius 2 is 2.05 bits per heavy atom. The molecule has 21 heavy (non-hydrogen) atoms. The van der Waals surface area contributed by atoms with E-state index in [1.54, 1.807) is 24.3 Å². The molecule has 5 nitrogen and oxygen atoms in total. The summed E-state index contributed by atoms with van der Waals surface area (Å²) >= 11 is 0. The van der Waals surface area contributed by atoms with Crippen LogP contribution in [0.25, 0.3) is 0 Å². The SMILES string of the molecule is N#Cc1ccccc1Oc1cnn(C2CCCC2)c(=O)c1. The number of aromatic nitrogens is 2. The molecule has 0 spiro atoms. The Labute approximate surface area is 122 Å². The number of nitrogens with zero attached hydrogens (tertiary/aromatic N) is 3. The number of benzene rings is 1. The first-order valence-corrected chi connectivity index (χ1v) is 7.04. The number of nitriles is 1. The topological polar surface area (TPSA) is 67.9 Å². The zero-order chi connectivity index (χ0) is 14.7. The fourth-order valence-electron chi connectivity index (χ4n) is 2.65. The van der Waals surface area contributed by atoms with Crippen LogP contribution in [0.1, 0.15) is 37.3 Å². The molecular formula is C16H15N3O2. The normalized spacial score (nSPS) is 14.8. The van der Waals surface area contributed by atoms with Gasteiger partial charge in [-0.05, 0) is 25.0 Å². The summed E-state index contributed by atoms with van der Waals surface area (Å²) in [6, 6.07) is 10.6. The molecule has 0 radical (unpaired) electrons. The second kappa shape index (κ2) is 5.80. The number of para-hydroxylation sites is 1. The molecule has 2 aromatic rings. The van der Waals surface area contributed by atoms with Crippen molar-refractivity contribution in [2.75, 3.05) is 0 Å². The van der Waals surface area contributed by atoms with Crippen LogP contribution in [0.3, 0.4) is 0 Å². The summed E-state index contributed by atoms with van der Waals surface area (Å²) in [5.74, 6) is 0.789. The maximum atomic E-state index is 12.1. The first-order chi connectivity index (χ1) is 10.3. The third kappa shape index (κ3) is 2.79. The van der Waals surface area contributed by atoms with Gasteiger partial charge < -0.3 is 4.74 Å². The standard InChI is InChI=1S/C16H15N3O2/c17-10-12-5-1-4-8-15(12)21-14-9-16(20)19(18-11-14)13-6-2-3-7-13/h1,4-5,8-9,11,13H,2-3,6-7H2. The lowest BCUT2D eigenvalue weighted by molar-refractivity contribution is 0.424. The highest BCUT2D eigenvalue weighted by atomic mass is 16.5. The number of hydrogen-bond donors (Lipinski definition) is 0. The predicted octanol–water partition coefficient (Wildman–Crippen LogP) is 3.02. The van der Waals surface area contributed by atoms with Crippen molar-refractivity contribution in [3.8, 4) is 17.6 Å². The second-order valence-electron chi connectivity index (χ2n) is 5.12. The van der Waals surface area contributed by atoms with Crippen LogP contribution in [-0.4, -0.2) is 9.78 Å². The molecule has 0 N–H and O–H groups in total. The third-order valence-electron chi connectivity index (χ3n) is 3.71. The van der Waals surface area contributed by atoms with Gasteiger partial charge in [-0.2, -0.15) is 10.4 Å². The molecule has 0 unspecified atom stereocenters. The fourth-order valence-corrected chi connectivity index (χ4v) is 2.65. The Morgan fingerprint density at radius 3 is 2.76 bits per heavy atom. The van der Waals surface area contributed by atoms with E-state index in [4.69, 9.17) is 10.00 Å². The second-order valence-corrected chi connectivity index (χ2v) is 5.12. The lowest BCUT2D eigenvalue weighted by atomic mass is 10.2. The number of ether oxygens (including phenoxy) is 1. The molecule has 1 aliphatic carbocycles. The van der Waals surface area contributed by atoms with E-state index in [1.807, 2.05) is 0 Å². The van der Waals surface area contributed by atoms with Crippen LogP contribution in [0, 0.1) is 11.3 Å². The maximum Gasteiger partial charge on any atom is 0.270 e. The predicted molar refractivity (Wildman–Crippen MR) is 77.2 cm³/mol. The maximum absolute atomic E-state index is 12.1. The summed E-state index contributed by atoms with van der Waals surface area (Å²) in [5, 5.41) is 13.2. The van der Waals surface area contributed by atoms with Gasteiger partial charge in [0.15, 0.2) is 5.75 Å². The quantitative estimate of drug-likeness (QED) is 0.867. The van der Waals surface area contributed by atoms with E-state index in [9.17, 15) is 4.79 Å². The van der Waals surface area contributed by atoms with E-state index >= 15 is 0 Å². The summed E-state index contributed by atoms with van der Waals surface area (Å²) in [6.45, 7) is 0. The van der Waals surface area contributed by atoms with Crippen molar-refractivity contribution >= 4 is 0 Å². The molecule has 0 aliphatic heterocycles. The van der Waals surface area contributed by atoms with Gasteiger partial charge in [-0.15, -0.1) is 0 Å². The van der Waals surface area contributed by atoms with Crippen molar-refractivity contribution in [2.45, 2.75) is 31.7 Å². The van der Waals surface area contributed by atoms with Gasteiger partial charge in [0.05, 0.1) is 17.8 Å². The van der Waals surface area contributed by atoms with Crippen LogP contribution in [0.5, 0.6) is 11.5 Å². The highest BCUT2D eigenvalue weighted by Crippen LogP contribution is 2.28. The van der Waals surface area contributed by atoms with Gasteiger partial charge in [0.2, 0.25) is 0 Å². The largest absolute Gasteiger partial charge is 0.454 e. The van der Waals surface area contributed by atoms with Crippen LogP contribution < -0.4 is 10.3 Å². The Balaban J connectivity index is 1.86. The summed E-state index contributed by atoms with van der Waals surface area (Å²) in [6.07, 6.45) is 5.84. The molecule has 1 fully saturated rings. The lowest BCUT2D eigenvalue weighted by Crippen LogP contribution is -2.25. The zero-order valence-electron chi connectivity index (χ0n) is 11.5. The van der Waals surface area contributed by atoms with E-state index in [-0.39, 0.29) is 11.6 Å². The lowest BCUT2D eigenvalue weighted by Gasteiger charge is -2.12. The molecule has 0 atom stereocenters. The third-order valence-corrected chi connectivity index (χ3v) is 3.71. The molecule has 1 saturated carbocycles. The fraction of sp³-hybridized carbons (Fsp3) is 0.312. The molecule has 1 aromatic heterocycles. The van der Waals surface area contributed by atoms with Gasteiger partial charge in [-0.1, -0.05) is 25.0 Å². The number of hydrogen-bond acceptors (Lipinski definition) is 4. The van der Waals surface area contributed by atoms with E-state index in [0.29, 0.717) is 17.1 Å². The Kier molecular flexibility index (Phi) is 3.69. The molecular weight excluding hydrogens is 266 g/mol. The van der Waals surface area contributed by atoms with Gasteiger partial charge in [-0.3, -0.25) is 4.79 Å². The van der Waals surface area contributed by atoms with Gasteiger partial charge in [-0.25, -0.2) is 4.68 Å². The van der Waals surface area contributed by atoms with Crippen LogP contribution in [0.2, 0.25) is 0 Å². The van der Waals surface area contributed by atoms with Gasteiger partial charge in [0, 0.05) is 6.07 Å². The Hall–Kier alpha value is -2.61. The van der Waals surface area contributed by atoms with E-state index in [2.05, 4.69) is 11.2 Å². The molecule has 106 valence electrons. The van der Waals surface area contributed by atoms with Crippen molar-refractivity contribution in [3.05, 3.63) is 52.4 Å². The summed E-state index contributed by atoms with van der Waals surface area (Å²) < 4.78 is 7.14. The van der Waals surface area contributed by atoms with Crippen LogP contribution >= 0.6 is 0 Å². The first-order valence-electron chi connectivity index (χ1n) is 7.04. The first kappa shape index (κ1) is 13.4. The highest BCUT2D eigenvalue weighted by Gasteiger charge is 2.19. The van der Waals surface area contributed by atoms with Crippen LogP contribution in [0.4, 0.5) is 0 Å². The Morgan fingerprint density at radius 1 is 1.29 bits per heavy atom. The molecule has 1 aliphatic rings. The zero-order valence-corrected chi connectivity index (χ0v) is 11.5. The minimum atomic E-state index is -0.158. The van der Waals surface area contributed by atoms with Gasteiger partial charge in [0.1, 0.15) is 11.8 Å².